The summed E-state index contributed by atoms with van der Waals surface area (Å²) in [6.45, 7) is 9.90. The molecule has 3 rings (SSSR count). The first-order valence-corrected chi connectivity index (χ1v) is 11.6. The fraction of sp³-hybridized carbons (Fsp3) is 0.240. The van der Waals surface area contributed by atoms with Crippen LogP contribution in [0.2, 0.25) is 0 Å². The van der Waals surface area contributed by atoms with Crippen molar-refractivity contribution >= 4 is 21.6 Å². The van der Waals surface area contributed by atoms with Gasteiger partial charge in [0.15, 0.2) is 0 Å². The number of benzene rings is 3. The molecule has 0 aliphatic carbocycles. The number of sulfonamides is 1. The van der Waals surface area contributed by atoms with E-state index in [4.69, 9.17) is 0 Å². The normalized spacial score (nSPS) is 12.3. The fourth-order valence-corrected chi connectivity index (χ4v) is 4.63. The van der Waals surface area contributed by atoms with Crippen molar-refractivity contribution in [2.45, 2.75) is 45.6 Å². The lowest BCUT2D eigenvalue weighted by Gasteiger charge is -2.19. The van der Waals surface area contributed by atoms with Gasteiger partial charge in [-0.05, 0) is 86.7 Å². The van der Waals surface area contributed by atoms with Crippen molar-refractivity contribution in [1.82, 2.24) is 5.32 Å². The first kappa shape index (κ1) is 22.6. The zero-order valence-electron chi connectivity index (χ0n) is 18.5. The van der Waals surface area contributed by atoms with Crippen LogP contribution in [0.25, 0.3) is 0 Å². The van der Waals surface area contributed by atoms with E-state index in [-0.39, 0.29) is 16.8 Å². The van der Waals surface area contributed by atoms with Crippen LogP contribution in [0.4, 0.5) is 5.69 Å². The van der Waals surface area contributed by atoms with Gasteiger partial charge in [-0.3, -0.25) is 9.52 Å². The highest BCUT2D eigenvalue weighted by atomic mass is 32.2. The fourth-order valence-electron chi connectivity index (χ4n) is 3.48. The Kier molecular flexibility index (Phi) is 6.51. The highest BCUT2D eigenvalue weighted by molar-refractivity contribution is 7.92. The Bertz CT molecular complexity index is 1220. The van der Waals surface area contributed by atoms with Gasteiger partial charge in [0.25, 0.3) is 15.9 Å². The molecule has 1 atom stereocenters. The summed E-state index contributed by atoms with van der Waals surface area (Å²) >= 11 is 0. The number of rotatable bonds is 6. The molecule has 0 aromatic heterocycles. The van der Waals surface area contributed by atoms with Crippen molar-refractivity contribution in [3.8, 4) is 0 Å². The molecular formula is C25H28N2O3S. The Hall–Kier alpha value is -3.12. The average Bonchev–Trinajstić information content (AvgIpc) is 2.72. The van der Waals surface area contributed by atoms with Crippen LogP contribution >= 0.6 is 0 Å². The summed E-state index contributed by atoms with van der Waals surface area (Å²) < 4.78 is 28.0. The topological polar surface area (TPSA) is 75.3 Å². The molecule has 1 amide bonds. The zero-order chi connectivity index (χ0) is 22.8. The molecule has 5 nitrogen and oxygen atoms in total. The number of carbonyl (C=O) groups is 1. The standard InChI is InChI=1S/C25H28N2O3S/c1-16-11-12-21(15-24(16)27-31(29,30)22-9-7-6-8-10-22)25(28)26-20(5)23-14-18(3)17(2)13-19(23)4/h6-15,20,27H,1-5H3,(H,26,28)/t20-/m0/s1. The quantitative estimate of drug-likeness (QED) is 0.557. The van der Waals surface area contributed by atoms with Crippen LogP contribution in [0.1, 0.15) is 51.1 Å². The third-order valence-electron chi connectivity index (χ3n) is 5.49. The largest absolute Gasteiger partial charge is 0.346 e. The lowest BCUT2D eigenvalue weighted by atomic mass is 9.96. The number of nitrogens with one attached hydrogen (secondary N) is 2. The number of carbonyl (C=O) groups excluding carboxylic acids is 1. The molecule has 2 N–H and O–H groups in total. The SMILES string of the molecule is Cc1cc(C)c([C@H](C)NC(=O)c2ccc(C)c(NS(=O)(=O)c3ccccc3)c2)cc1C. The predicted molar refractivity (Wildman–Crippen MR) is 125 cm³/mol. The van der Waals surface area contributed by atoms with Crippen molar-refractivity contribution in [3.05, 3.63) is 94.0 Å². The Morgan fingerprint density at radius 2 is 1.45 bits per heavy atom. The predicted octanol–water partition coefficient (Wildman–Crippen LogP) is 5.21. The molecule has 0 saturated carbocycles. The second-order valence-electron chi connectivity index (χ2n) is 7.94. The van der Waals surface area contributed by atoms with Gasteiger partial charge in [0, 0.05) is 5.56 Å². The third-order valence-corrected chi connectivity index (χ3v) is 6.88. The number of aryl methyl sites for hydroxylation is 4. The second kappa shape index (κ2) is 8.94. The summed E-state index contributed by atoms with van der Waals surface area (Å²) in [7, 11) is -3.74. The molecule has 0 heterocycles. The van der Waals surface area contributed by atoms with Gasteiger partial charge in [0.1, 0.15) is 0 Å². The summed E-state index contributed by atoms with van der Waals surface area (Å²) in [6, 6.07) is 17.2. The molecule has 0 aliphatic heterocycles. The van der Waals surface area contributed by atoms with E-state index < -0.39 is 10.0 Å². The molecule has 3 aromatic rings. The number of hydrogen-bond donors (Lipinski definition) is 2. The molecule has 0 radical (unpaired) electrons. The van der Waals surface area contributed by atoms with Crippen LogP contribution in [0.15, 0.2) is 65.6 Å². The maximum atomic E-state index is 12.9. The summed E-state index contributed by atoms with van der Waals surface area (Å²) in [5, 5.41) is 3.03. The Morgan fingerprint density at radius 1 is 0.806 bits per heavy atom. The third kappa shape index (κ3) is 5.14. The minimum Gasteiger partial charge on any atom is -0.346 e. The molecule has 3 aromatic carbocycles. The first-order valence-electron chi connectivity index (χ1n) is 10.2. The lowest BCUT2D eigenvalue weighted by Crippen LogP contribution is -2.27. The summed E-state index contributed by atoms with van der Waals surface area (Å²) in [4.78, 5) is 13.1. The van der Waals surface area contributed by atoms with Crippen molar-refractivity contribution in [3.63, 3.8) is 0 Å². The molecule has 0 aliphatic rings. The van der Waals surface area contributed by atoms with Crippen molar-refractivity contribution in [2.75, 3.05) is 4.72 Å². The Balaban J connectivity index is 1.82. The molecule has 0 fully saturated rings. The van der Waals surface area contributed by atoms with Crippen LogP contribution in [0.5, 0.6) is 0 Å². The van der Waals surface area contributed by atoms with E-state index in [0.717, 1.165) is 16.7 Å². The number of amides is 1. The Morgan fingerprint density at radius 3 is 2.13 bits per heavy atom. The molecule has 0 bridgehead atoms. The van der Waals surface area contributed by atoms with E-state index in [0.29, 0.717) is 11.3 Å². The van der Waals surface area contributed by atoms with Crippen LogP contribution in [-0.4, -0.2) is 14.3 Å². The van der Waals surface area contributed by atoms with Crippen LogP contribution in [0, 0.1) is 27.7 Å². The number of anilines is 1. The highest BCUT2D eigenvalue weighted by Crippen LogP contribution is 2.24. The maximum absolute atomic E-state index is 12.9. The van der Waals surface area contributed by atoms with Gasteiger partial charge in [-0.15, -0.1) is 0 Å². The van der Waals surface area contributed by atoms with Gasteiger partial charge in [0.2, 0.25) is 0 Å². The molecule has 31 heavy (non-hydrogen) atoms. The lowest BCUT2D eigenvalue weighted by molar-refractivity contribution is 0.0940. The van der Waals surface area contributed by atoms with E-state index >= 15 is 0 Å². The second-order valence-corrected chi connectivity index (χ2v) is 9.62. The van der Waals surface area contributed by atoms with Crippen LogP contribution in [0.3, 0.4) is 0 Å². The monoisotopic (exact) mass is 436 g/mol. The average molecular weight is 437 g/mol. The van der Waals surface area contributed by atoms with Crippen molar-refractivity contribution in [2.24, 2.45) is 0 Å². The molecular weight excluding hydrogens is 408 g/mol. The van der Waals surface area contributed by atoms with E-state index in [9.17, 15) is 13.2 Å². The van der Waals surface area contributed by atoms with Gasteiger partial charge >= 0.3 is 0 Å². The van der Waals surface area contributed by atoms with E-state index in [2.05, 4.69) is 36.0 Å². The molecule has 6 heteroatoms. The summed E-state index contributed by atoms with van der Waals surface area (Å²) in [5.41, 5.74) is 6.08. The molecule has 0 spiro atoms. The van der Waals surface area contributed by atoms with Crippen LogP contribution < -0.4 is 10.0 Å². The van der Waals surface area contributed by atoms with E-state index in [1.165, 1.54) is 23.3 Å². The molecule has 0 saturated heterocycles. The van der Waals surface area contributed by atoms with Gasteiger partial charge in [-0.2, -0.15) is 0 Å². The summed E-state index contributed by atoms with van der Waals surface area (Å²) in [5.74, 6) is -0.259. The summed E-state index contributed by atoms with van der Waals surface area (Å²) in [6.07, 6.45) is 0. The van der Waals surface area contributed by atoms with Crippen molar-refractivity contribution in [1.29, 1.82) is 0 Å². The van der Waals surface area contributed by atoms with Crippen molar-refractivity contribution < 1.29 is 13.2 Å². The zero-order valence-corrected chi connectivity index (χ0v) is 19.3. The minimum atomic E-state index is -3.74. The van der Waals surface area contributed by atoms with Gasteiger partial charge < -0.3 is 5.32 Å². The molecule has 162 valence electrons. The molecule has 0 unspecified atom stereocenters. The van der Waals surface area contributed by atoms with E-state index in [1.54, 1.807) is 43.3 Å². The van der Waals surface area contributed by atoms with Crippen LogP contribution in [-0.2, 0) is 10.0 Å². The van der Waals surface area contributed by atoms with E-state index in [1.807, 2.05) is 13.8 Å². The van der Waals surface area contributed by atoms with Gasteiger partial charge in [-0.25, -0.2) is 8.42 Å². The van der Waals surface area contributed by atoms with Gasteiger partial charge in [-0.1, -0.05) is 36.4 Å². The Labute approximate surface area is 184 Å². The first-order chi connectivity index (χ1) is 14.6. The maximum Gasteiger partial charge on any atom is 0.261 e. The van der Waals surface area contributed by atoms with Gasteiger partial charge in [0.05, 0.1) is 16.6 Å². The highest BCUT2D eigenvalue weighted by Gasteiger charge is 2.18. The number of hydrogen-bond acceptors (Lipinski definition) is 3. The smallest absolute Gasteiger partial charge is 0.261 e. The minimum absolute atomic E-state index is 0.170.